The largest absolute Gasteiger partial charge is 1.00 e. The molecule has 5 N–H and O–H groups in total. The van der Waals surface area contributed by atoms with Crippen LogP contribution in [0.3, 0.4) is 0 Å². The summed E-state index contributed by atoms with van der Waals surface area (Å²) in [6.45, 7) is 11.2. The first-order valence-corrected chi connectivity index (χ1v) is 27.5. The second kappa shape index (κ2) is 45.3. The van der Waals surface area contributed by atoms with Gasteiger partial charge in [0.15, 0.2) is 11.6 Å². The maximum absolute atomic E-state index is 12.2. The SMILES string of the molecule is CC1CCN(c2ccccc2[N+](=O)[O-])CC1.CCNc1cccc([N+](=O)[O-])c1.CN(C)c1ccccc1[N+](=O)[O-].Cc1ccc(CNC(=O)c2c([C-]=O)cccc2[N+](=O)[O-])cc1.Cc1ccc(CNC(=O)c2cccc([N+](=O)[O-])c2[C-]=O)cc1.O=S(=O)=O.[K+].[K+].[OH-].[OH-]. The number of carbonyl (C=O) groups excluding carboxylic acids is 4. The number of anilines is 3. The molecule has 7 aromatic carbocycles. The molecule has 32 heteroatoms. The van der Waals surface area contributed by atoms with Crippen molar-refractivity contribution >= 4 is 80.5 Å². The van der Waals surface area contributed by atoms with E-state index >= 15 is 0 Å². The van der Waals surface area contributed by atoms with Gasteiger partial charge in [-0.1, -0.05) is 114 Å². The summed E-state index contributed by atoms with van der Waals surface area (Å²) in [6, 6.07) is 42.9. The molecule has 0 saturated carbocycles. The number of piperidine rings is 1. The average molecular weight is 1340 g/mol. The minimum atomic E-state index is -3.11. The molecule has 2 amide bonds. The maximum atomic E-state index is 12.2. The Morgan fingerprint density at radius 2 is 1.02 bits per heavy atom. The maximum Gasteiger partial charge on any atom is 1.00 e. The Kier molecular flexibility index (Phi) is 42.4. The molecule has 1 saturated heterocycles. The summed E-state index contributed by atoms with van der Waals surface area (Å²) < 4.78 is 25.3. The Hall–Kier alpha value is -7.97. The number of non-ortho nitro benzene ring substituents is 1. The molecule has 1 aliphatic heterocycles. The van der Waals surface area contributed by atoms with Gasteiger partial charge in [0.2, 0.25) is 11.6 Å². The zero-order valence-electron chi connectivity index (χ0n) is 51.4. The van der Waals surface area contributed by atoms with Gasteiger partial charge in [0, 0.05) is 92.2 Å². The number of carbonyl (C=O) groups is 2. The van der Waals surface area contributed by atoms with Crippen molar-refractivity contribution in [3.63, 3.8) is 0 Å². The number of nitro benzene ring substituents is 5. The monoisotopic (exact) mass is 1340 g/mol. The van der Waals surface area contributed by atoms with Crippen LogP contribution in [0.1, 0.15) is 80.8 Å². The van der Waals surface area contributed by atoms with Gasteiger partial charge in [0.25, 0.3) is 17.1 Å². The minimum absolute atomic E-state index is 0. The standard InChI is InChI=1S/2C16H13N2O4.C12H16N2O2.2C8H10N2O2.2K.O3S.2H2O/c1-11-5-7-12(8-6-11)9-17-16(20)13-3-2-4-15(18(21)22)14(13)10-19;1-11-5-7-12(8-6-11)9-17-16(20)15-13(10-19)3-2-4-14(15)18(21)22;1-10-6-8-13(9-7-10)11-4-2-3-5-12(11)14(15)16;1-9(2)7-5-3-4-6-8(7)10(11)12;1-2-9-7-4-3-5-8(6-7)10(11)12;;;1-4(2)3;;/h2*2-8H,9H2,1H3,(H,17,20);2-5,10H,6-9H2,1H3;3-6H,1-2H3;3-6,9H,2H2,1H3;;;;2*1H2/q2*-1;;;;2*+1;;;/p-2. The van der Waals surface area contributed by atoms with Gasteiger partial charge in [0.1, 0.15) is 11.4 Å². The Balaban J connectivity index is 0. The van der Waals surface area contributed by atoms with Gasteiger partial charge in [-0.05, 0) is 81.0 Å². The summed E-state index contributed by atoms with van der Waals surface area (Å²) >= 11 is 0. The molecule has 0 unspecified atom stereocenters. The van der Waals surface area contributed by atoms with Crippen LogP contribution >= 0.6 is 0 Å². The van der Waals surface area contributed by atoms with Crippen LogP contribution in [0.5, 0.6) is 0 Å². The van der Waals surface area contributed by atoms with E-state index < -0.39 is 48.6 Å². The van der Waals surface area contributed by atoms with Gasteiger partial charge >= 0.3 is 113 Å². The molecule has 478 valence electrons. The van der Waals surface area contributed by atoms with E-state index in [0.29, 0.717) is 5.69 Å². The van der Waals surface area contributed by atoms with Crippen LogP contribution in [0, 0.1) is 70.3 Å². The zero-order chi connectivity index (χ0) is 65.5. The minimum Gasteiger partial charge on any atom is -0.870 e. The van der Waals surface area contributed by atoms with Gasteiger partial charge in [-0.15, -0.1) is 30.3 Å². The number of hydrogen-bond donors (Lipinski definition) is 3. The van der Waals surface area contributed by atoms with Gasteiger partial charge in [-0.3, -0.25) is 60.2 Å². The normalized spacial score (nSPS) is 10.6. The molecule has 0 radical (unpaired) electrons. The van der Waals surface area contributed by atoms with Gasteiger partial charge in [-0.2, -0.15) is 6.07 Å². The van der Waals surface area contributed by atoms with Gasteiger partial charge in [0.05, 0.1) is 27.3 Å². The number of hydrogen-bond acceptors (Lipinski definition) is 22. The van der Waals surface area contributed by atoms with E-state index in [4.69, 9.17) is 12.6 Å². The first-order chi connectivity index (χ1) is 41.8. The molecular weight excluding hydrogens is 1270 g/mol. The first-order valence-electron chi connectivity index (χ1n) is 26.5. The predicted octanol–water partition coefficient (Wildman–Crippen LogP) is 3.75. The number of nitrogens with zero attached hydrogens (tertiary/aromatic N) is 7. The first kappa shape index (κ1) is 86.1. The fourth-order valence-corrected chi connectivity index (χ4v) is 8.03. The number of para-hydroxylation sites is 4. The van der Waals surface area contributed by atoms with Crippen molar-refractivity contribution in [2.24, 2.45) is 5.92 Å². The van der Waals surface area contributed by atoms with Crippen LogP contribution in [-0.2, 0) is 33.3 Å². The van der Waals surface area contributed by atoms with Crippen molar-refractivity contribution in [3.8, 4) is 0 Å². The van der Waals surface area contributed by atoms with E-state index in [1.54, 1.807) is 67.7 Å². The third-order valence-corrected chi connectivity index (χ3v) is 12.5. The van der Waals surface area contributed by atoms with Crippen molar-refractivity contribution < 1.29 is 170 Å². The van der Waals surface area contributed by atoms with E-state index in [2.05, 4.69) is 27.8 Å². The molecule has 1 fully saturated rings. The fourth-order valence-electron chi connectivity index (χ4n) is 8.03. The average Bonchev–Trinajstić information content (AvgIpc) is 1.23. The number of amides is 2. The number of rotatable bonds is 17. The van der Waals surface area contributed by atoms with E-state index in [9.17, 15) is 69.7 Å². The Morgan fingerprint density at radius 3 is 1.48 bits per heavy atom. The third kappa shape index (κ3) is 29.5. The van der Waals surface area contributed by atoms with Crippen molar-refractivity contribution in [3.05, 3.63) is 253 Å². The predicted molar refractivity (Wildman–Crippen MR) is 332 cm³/mol. The van der Waals surface area contributed by atoms with Crippen molar-refractivity contribution in [1.82, 2.24) is 10.6 Å². The van der Waals surface area contributed by atoms with Crippen LogP contribution in [0.4, 0.5) is 45.5 Å². The second-order valence-electron chi connectivity index (χ2n) is 19.1. The molecular formula is C60H64K2N10O19S-2. The molecule has 1 aliphatic rings. The Bertz CT molecular complexity index is 3690. The second-order valence-corrected chi connectivity index (χ2v) is 19.5. The molecule has 0 aliphatic carbocycles. The van der Waals surface area contributed by atoms with Crippen LogP contribution in [-0.4, -0.2) is 106 Å². The molecule has 0 spiro atoms. The Morgan fingerprint density at radius 1 is 0.576 bits per heavy atom. The molecule has 0 atom stereocenters. The Labute approximate surface area is 615 Å². The molecule has 92 heavy (non-hydrogen) atoms. The van der Waals surface area contributed by atoms with Crippen LogP contribution < -0.4 is 129 Å². The van der Waals surface area contributed by atoms with Crippen LogP contribution in [0.25, 0.3) is 0 Å². The van der Waals surface area contributed by atoms with Crippen molar-refractivity contribution in [2.45, 2.75) is 53.6 Å². The number of nitrogens with one attached hydrogen (secondary N) is 3. The smallest absolute Gasteiger partial charge is 0.870 e. The van der Waals surface area contributed by atoms with Gasteiger partial charge < -0.3 is 46.3 Å². The van der Waals surface area contributed by atoms with Crippen LogP contribution in [0.15, 0.2) is 158 Å². The summed E-state index contributed by atoms with van der Waals surface area (Å²) in [4.78, 5) is 101. The molecule has 0 bridgehead atoms. The van der Waals surface area contributed by atoms with E-state index in [1.165, 1.54) is 54.8 Å². The summed E-state index contributed by atoms with van der Waals surface area (Å²) in [6.07, 6.45) is 5.28. The van der Waals surface area contributed by atoms with E-state index in [-0.39, 0.29) is 176 Å². The van der Waals surface area contributed by atoms with Crippen LogP contribution in [0.2, 0.25) is 0 Å². The summed E-state index contributed by atoms with van der Waals surface area (Å²) in [7, 11) is 0.449. The van der Waals surface area contributed by atoms with Gasteiger partial charge in [-0.25, -0.2) is 0 Å². The zero-order valence-corrected chi connectivity index (χ0v) is 58.5. The molecule has 29 nitrogen and oxygen atoms in total. The van der Waals surface area contributed by atoms with Crippen molar-refractivity contribution in [1.29, 1.82) is 0 Å². The topological polar surface area (TPSA) is 438 Å². The number of aryl methyl sites for hydroxylation is 2. The third-order valence-electron chi connectivity index (χ3n) is 12.5. The quantitative estimate of drug-likeness (QED) is 0.0506. The fraction of sp³-hybridized carbons (Fsp3) is 0.233. The van der Waals surface area contributed by atoms with Crippen molar-refractivity contribution in [2.75, 3.05) is 48.8 Å². The molecule has 7 aromatic rings. The summed E-state index contributed by atoms with van der Waals surface area (Å²) in [5.74, 6) is -0.493. The summed E-state index contributed by atoms with van der Waals surface area (Å²) in [5.41, 5.74) is 4.95. The van der Waals surface area contributed by atoms with E-state index in [0.717, 1.165) is 78.1 Å². The van der Waals surface area contributed by atoms with E-state index in [1.807, 2.05) is 81.4 Å². The molecule has 1 heterocycles. The molecule has 0 aromatic heterocycles. The number of nitro groups is 5. The molecule has 8 rings (SSSR count). The summed E-state index contributed by atoms with van der Waals surface area (Å²) in [5, 5.41) is 61.8. The number of benzene rings is 7.